The van der Waals surface area contributed by atoms with Gasteiger partial charge in [-0.05, 0) is 152 Å². The molecule has 20 rings (SSSR count). The van der Waals surface area contributed by atoms with Crippen LogP contribution >= 0.6 is 0 Å². The van der Waals surface area contributed by atoms with Gasteiger partial charge in [0, 0.05) is 115 Å². The lowest BCUT2D eigenvalue weighted by atomic mass is 10.1. The van der Waals surface area contributed by atoms with E-state index in [-0.39, 0.29) is 24.7 Å². The van der Waals surface area contributed by atoms with Crippen molar-refractivity contribution in [2.75, 3.05) is 36.4 Å². The summed E-state index contributed by atoms with van der Waals surface area (Å²) in [6.07, 6.45) is 12.6. The van der Waals surface area contributed by atoms with Crippen molar-refractivity contribution in [1.82, 2.24) is 24.8 Å². The Morgan fingerprint density at radius 3 is 1.13 bits per heavy atom. The molecule has 16 aromatic rings. The minimum Gasteiger partial charge on any atom is -0.454 e. The first-order valence-corrected chi connectivity index (χ1v) is 35.4. The van der Waals surface area contributed by atoms with Crippen molar-refractivity contribution in [3.05, 3.63) is 284 Å². The molecule has 0 saturated carbocycles. The van der Waals surface area contributed by atoms with Crippen LogP contribution < -0.4 is 29.4 Å². The summed E-state index contributed by atoms with van der Waals surface area (Å²) in [4.78, 5) is 30.9. The van der Waals surface area contributed by atoms with Crippen molar-refractivity contribution in [3.63, 3.8) is 0 Å². The number of aromatic nitrogens is 3. The monoisotopic (exact) mass is 1370 g/mol. The number of pyridine rings is 1. The van der Waals surface area contributed by atoms with Crippen LogP contribution in [0.2, 0.25) is 0 Å². The van der Waals surface area contributed by atoms with Gasteiger partial charge >= 0.3 is 0 Å². The van der Waals surface area contributed by atoms with Crippen LogP contribution in [0.3, 0.4) is 0 Å². The van der Waals surface area contributed by atoms with Crippen molar-refractivity contribution in [2.45, 2.75) is 99.9 Å². The molecule has 10 aromatic carbocycles. The van der Waals surface area contributed by atoms with Crippen molar-refractivity contribution < 1.29 is 23.2 Å². The molecular formula is C89H81N11O4. The molecule has 15 heteroatoms. The van der Waals surface area contributed by atoms with Crippen molar-refractivity contribution >= 4 is 145 Å². The highest BCUT2D eigenvalue weighted by Crippen LogP contribution is 2.52. The Bertz CT molecular complexity index is 5810. The zero-order valence-electron chi connectivity index (χ0n) is 63.7. The molecule has 0 aliphatic carbocycles. The summed E-state index contributed by atoms with van der Waals surface area (Å²) in [7, 11) is 0. The number of furan rings is 4. The smallest absolute Gasteiger partial charge is 0.178 e. The summed E-state index contributed by atoms with van der Waals surface area (Å²) < 4.78 is 56.5. The van der Waals surface area contributed by atoms with E-state index in [1.165, 1.54) is 16.0 Å². The Morgan fingerprint density at radius 1 is 0.337 bits per heavy atom. The topological polar surface area (TPSA) is 117 Å². The largest absolute Gasteiger partial charge is 0.454 e. The number of para-hydroxylation sites is 6. The summed E-state index contributed by atoms with van der Waals surface area (Å²) >= 11 is 0. The van der Waals surface area contributed by atoms with Crippen LogP contribution in [0.4, 0.5) is 57.3 Å². The standard InChI is InChI=1S/C26H21N3O.C25H20N4O.C20H22N2O.C18H18N2O/c1-17-14-15-21-20-11-6-7-13-23(20)30-25(21)24(17)29-18(2)28(19-9-4-3-5-10-19)26-22(29)12-8-16-27-26;1-16-12-13-20-19-10-6-7-11-21(19)30-23(20)22(16)29-17(2)28(18-8-4-3-5-9-18)24-25(29)27-15-14-26-24;1-13(2)21-11-12-22(15(21)4)19-14(3)9-10-17-16-7-5-6-8-18(16)23-20(17)19;1-12-8-9-15-14-6-4-5-7-16(14)21-18(15)17(12)20-11-10-19(3)13(20)2/h3-16,18H,1-2H3;3-15,17H,1-2H3;5-13,15H,1-4H3;4-11,13H,1-3H3/i;;13D;3D3. The van der Waals surface area contributed by atoms with Crippen LogP contribution in [0.25, 0.3) is 87.8 Å². The highest BCUT2D eigenvalue weighted by molar-refractivity contribution is 6.14. The molecule has 0 amide bonds. The average Bonchev–Trinajstić information content (AvgIpc) is 1.57. The van der Waals surface area contributed by atoms with Gasteiger partial charge in [-0.15, -0.1) is 0 Å². The fourth-order valence-corrected chi connectivity index (χ4v) is 15.7. The van der Waals surface area contributed by atoms with Crippen LogP contribution in [-0.4, -0.2) is 62.4 Å². The SMILES string of the molecule is Cc1ccc2c(oc3ccccc32)c1N1c2cccnc2N(c2ccccc2)C1C.Cc1ccc2c(oc3ccccc32)c1N1c2nccnc2N(c2ccccc2)C1C.[2H]C(C)(C)N1C=CN(c2c(C)ccc3c2oc2ccccc23)C1C.[2H]C([2H])([2H])N1C=CN(c2c(C)ccc3c2oc2ccccc23)C1C. The maximum Gasteiger partial charge on any atom is 0.178 e. The molecule has 0 fully saturated rings. The predicted molar refractivity (Wildman–Crippen MR) is 427 cm³/mol. The van der Waals surface area contributed by atoms with Gasteiger partial charge in [0.2, 0.25) is 0 Å². The van der Waals surface area contributed by atoms with Crippen molar-refractivity contribution in [1.29, 1.82) is 0 Å². The van der Waals surface area contributed by atoms with Gasteiger partial charge in [-0.25, -0.2) is 15.0 Å². The Morgan fingerprint density at radius 2 is 0.702 bits per heavy atom. The first-order chi connectivity index (χ1) is 52.2. The summed E-state index contributed by atoms with van der Waals surface area (Å²) in [5.41, 5.74) is 19.0. The Kier molecular flexibility index (Phi) is 15.2. The molecule has 4 aliphatic heterocycles. The molecule has 0 spiro atoms. The van der Waals surface area contributed by atoms with Gasteiger partial charge in [-0.1, -0.05) is 158 Å². The van der Waals surface area contributed by atoms with E-state index in [0.29, 0.717) is 0 Å². The maximum atomic E-state index is 8.34. The van der Waals surface area contributed by atoms with E-state index in [4.69, 9.17) is 33.1 Å². The fourth-order valence-electron chi connectivity index (χ4n) is 15.7. The van der Waals surface area contributed by atoms with Crippen LogP contribution in [-0.2, 0) is 0 Å². The van der Waals surface area contributed by atoms with E-state index >= 15 is 0 Å². The molecule has 4 unspecified atom stereocenters. The van der Waals surface area contributed by atoms with Crippen LogP contribution in [0.5, 0.6) is 0 Å². The van der Waals surface area contributed by atoms with Crippen molar-refractivity contribution in [3.8, 4) is 0 Å². The summed E-state index contributed by atoms with van der Waals surface area (Å²) in [6, 6.07) is 73.8. The van der Waals surface area contributed by atoms with E-state index in [9.17, 15) is 0 Å². The fraction of sp³-hybridized carbons (Fsp3) is 0.180. The second kappa shape index (κ2) is 26.2. The summed E-state index contributed by atoms with van der Waals surface area (Å²) in [6.45, 7) is 18.4. The Balaban J connectivity index is 0.000000106. The number of benzene rings is 10. The molecule has 0 saturated heterocycles. The average molecular weight is 1370 g/mol. The first-order valence-electron chi connectivity index (χ1n) is 37.4. The lowest BCUT2D eigenvalue weighted by molar-refractivity contribution is 0.263. The minimum absolute atomic E-state index is 0.0117. The Labute approximate surface area is 610 Å². The number of hydrogen-bond acceptors (Lipinski definition) is 15. The molecule has 0 radical (unpaired) electrons. The van der Waals surface area contributed by atoms with Crippen LogP contribution in [0, 0.1) is 27.7 Å². The second-order valence-corrected chi connectivity index (χ2v) is 27.2. The molecule has 4 atom stereocenters. The van der Waals surface area contributed by atoms with Gasteiger partial charge < -0.3 is 52.0 Å². The normalized spacial score (nSPS) is 17.6. The highest BCUT2D eigenvalue weighted by Gasteiger charge is 2.41. The van der Waals surface area contributed by atoms with E-state index in [1.807, 2.05) is 159 Å². The molecule has 15 nitrogen and oxygen atoms in total. The lowest BCUT2D eigenvalue weighted by Gasteiger charge is -2.33. The van der Waals surface area contributed by atoms with Gasteiger partial charge in [0.15, 0.2) is 39.8 Å². The zero-order valence-corrected chi connectivity index (χ0v) is 59.7. The third kappa shape index (κ3) is 10.7. The maximum absolute atomic E-state index is 8.34. The van der Waals surface area contributed by atoms with E-state index in [0.717, 1.165) is 156 Å². The molecule has 4 aliphatic rings. The minimum atomic E-state index is -2.17. The lowest BCUT2D eigenvalue weighted by Crippen LogP contribution is -2.39. The molecule has 516 valence electrons. The van der Waals surface area contributed by atoms with Gasteiger partial charge in [0.25, 0.3) is 0 Å². The molecule has 0 N–H and O–H groups in total. The van der Waals surface area contributed by atoms with Crippen LogP contribution in [0.1, 0.15) is 69.3 Å². The molecule has 10 heterocycles. The van der Waals surface area contributed by atoms with Gasteiger partial charge in [0.1, 0.15) is 47.0 Å². The van der Waals surface area contributed by atoms with E-state index in [1.54, 1.807) is 18.6 Å². The third-order valence-electron chi connectivity index (χ3n) is 20.7. The van der Waals surface area contributed by atoms with E-state index < -0.39 is 13.0 Å². The molecule has 6 aromatic heterocycles. The van der Waals surface area contributed by atoms with Gasteiger partial charge in [-0.2, -0.15) is 0 Å². The highest BCUT2D eigenvalue weighted by atomic mass is 16.3. The number of anilines is 10. The quantitative estimate of drug-likeness (QED) is 0.151. The molecule has 0 bridgehead atoms. The number of fused-ring (bicyclic) bond motifs is 14. The van der Waals surface area contributed by atoms with Crippen molar-refractivity contribution in [2.24, 2.45) is 0 Å². The number of nitrogens with zero attached hydrogens (tertiary/aromatic N) is 11. The second-order valence-electron chi connectivity index (χ2n) is 27.2. The third-order valence-corrected chi connectivity index (χ3v) is 20.7. The number of rotatable bonds is 7. The van der Waals surface area contributed by atoms with Gasteiger partial charge in [-0.3, -0.25) is 4.90 Å². The first kappa shape index (κ1) is 60.3. The summed E-state index contributed by atoms with van der Waals surface area (Å²) in [5.74, 6) is 2.65. The van der Waals surface area contributed by atoms with Crippen LogP contribution in [0.15, 0.2) is 279 Å². The molecular weight excluding hydrogens is 1290 g/mol. The number of aryl methyl sites for hydroxylation is 4. The van der Waals surface area contributed by atoms with Gasteiger partial charge in [0.05, 0.1) is 29.8 Å². The summed E-state index contributed by atoms with van der Waals surface area (Å²) in [5, 5.41) is 8.91. The zero-order chi connectivity index (χ0) is 74.6. The number of hydrogen-bond donors (Lipinski definition) is 0. The Hall–Kier alpha value is -12.5. The molecule has 104 heavy (non-hydrogen) atoms. The predicted octanol–water partition coefficient (Wildman–Crippen LogP) is 23.0. The van der Waals surface area contributed by atoms with E-state index in [2.05, 4.69) is 192 Å².